The van der Waals surface area contributed by atoms with Crippen molar-refractivity contribution in [3.05, 3.63) is 86.4 Å². The SMILES string of the molecule is C/N=C/c1ccc(Nc2cc(=O)c(OC)cn2Cc2ccc(F)c(Cl)c2)c(C)c1. The van der Waals surface area contributed by atoms with Crippen molar-refractivity contribution in [1.82, 2.24) is 4.57 Å². The summed E-state index contributed by atoms with van der Waals surface area (Å²) < 4.78 is 20.5. The van der Waals surface area contributed by atoms with Crippen molar-refractivity contribution in [3.8, 4) is 5.75 Å². The first-order chi connectivity index (χ1) is 13.9. The first-order valence-corrected chi connectivity index (χ1v) is 9.31. The van der Waals surface area contributed by atoms with E-state index in [4.69, 9.17) is 16.3 Å². The number of nitrogens with zero attached hydrogens (tertiary/aromatic N) is 2. The zero-order valence-electron chi connectivity index (χ0n) is 16.4. The first-order valence-electron chi connectivity index (χ1n) is 8.93. The lowest BCUT2D eigenvalue weighted by Gasteiger charge is -2.18. The molecule has 0 amide bonds. The van der Waals surface area contributed by atoms with Gasteiger partial charge in [-0.15, -0.1) is 0 Å². The minimum absolute atomic E-state index is 0.0500. The van der Waals surface area contributed by atoms with Crippen molar-refractivity contribution in [3.63, 3.8) is 0 Å². The molecule has 150 valence electrons. The van der Waals surface area contributed by atoms with Gasteiger partial charge in [-0.1, -0.05) is 23.7 Å². The number of hydrogen-bond donors (Lipinski definition) is 1. The fourth-order valence-electron chi connectivity index (χ4n) is 2.97. The molecule has 3 rings (SSSR count). The maximum absolute atomic E-state index is 13.5. The third-order valence-electron chi connectivity index (χ3n) is 4.44. The van der Waals surface area contributed by atoms with Gasteiger partial charge in [0.15, 0.2) is 5.75 Å². The lowest BCUT2D eigenvalue weighted by atomic mass is 10.1. The monoisotopic (exact) mass is 413 g/mol. The van der Waals surface area contributed by atoms with E-state index in [1.54, 1.807) is 31.6 Å². The van der Waals surface area contributed by atoms with Crippen LogP contribution in [0.1, 0.15) is 16.7 Å². The van der Waals surface area contributed by atoms with Crippen LogP contribution in [-0.4, -0.2) is 24.9 Å². The molecule has 5 nitrogen and oxygen atoms in total. The lowest BCUT2D eigenvalue weighted by molar-refractivity contribution is 0.406. The van der Waals surface area contributed by atoms with E-state index in [0.29, 0.717) is 12.4 Å². The fourth-order valence-corrected chi connectivity index (χ4v) is 3.18. The smallest absolute Gasteiger partial charge is 0.225 e. The maximum Gasteiger partial charge on any atom is 0.225 e. The highest BCUT2D eigenvalue weighted by Gasteiger charge is 2.11. The second kappa shape index (κ2) is 8.92. The van der Waals surface area contributed by atoms with Gasteiger partial charge in [0.25, 0.3) is 0 Å². The molecule has 0 saturated carbocycles. The molecule has 7 heteroatoms. The van der Waals surface area contributed by atoms with Crippen LogP contribution in [0.2, 0.25) is 5.02 Å². The second-order valence-electron chi connectivity index (χ2n) is 6.55. The van der Waals surface area contributed by atoms with Gasteiger partial charge < -0.3 is 14.6 Å². The van der Waals surface area contributed by atoms with Gasteiger partial charge in [0.1, 0.15) is 11.6 Å². The van der Waals surface area contributed by atoms with Gasteiger partial charge in [0, 0.05) is 31.6 Å². The topological polar surface area (TPSA) is 55.6 Å². The number of methoxy groups -OCH3 is 1. The van der Waals surface area contributed by atoms with Crippen molar-refractivity contribution < 1.29 is 9.13 Å². The molecule has 0 unspecified atom stereocenters. The third-order valence-corrected chi connectivity index (χ3v) is 4.73. The van der Waals surface area contributed by atoms with Gasteiger partial charge in [0.2, 0.25) is 5.43 Å². The summed E-state index contributed by atoms with van der Waals surface area (Å²) in [5.74, 6) is 0.323. The molecule has 3 aromatic rings. The highest BCUT2D eigenvalue weighted by atomic mass is 35.5. The van der Waals surface area contributed by atoms with E-state index in [1.165, 1.54) is 19.2 Å². The van der Waals surface area contributed by atoms with Crippen LogP contribution in [0, 0.1) is 12.7 Å². The summed E-state index contributed by atoms with van der Waals surface area (Å²) in [4.78, 5) is 16.3. The fraction of sp³-hybridized carbons (Fsp3) is 0.182. The number of pyridine rings is 1. The molecule has 0 radical (unpaired) electrons. The molecule has 0 aliphatic heterocycles. The van der Waals surface area contributed by atoms with Crippen molar-refractivity contribution in [2.45, 2.75) is 13.5 Å². The summed E-state index contributed by atoms with van der Waals surface area (Å²) in [7, 11) is 3.17. The second-order valence-corrected chi connectivity index (χ2v) is 6.96. The number of aliphatic imine (C=N–C) groups is 1. The zero-order valence-corrected chi connectivity index (χ0v) is 17.1. The number of hydrogen-bond acceptors (Lipinski definition) is 4. The van der Waals surface area contributed by atoms with Crippen LogP contribution >= 0.6 is 11.6 Å². The van der Waals surface area contributed by atoms with Crippen LogP contribution in [0.15, 0.2) is 58.4 Å². The van der Waals surface area contributed by atoms with Gasteiger partial charge in [-0.25, -0.2) is 4.39 Å². The quantitative estimate of drug-likeness (QED) is 0.590. The summed E-state index contributed by atoms with van der Waals surface area (Å²) in [6.07, 6.45) is 3.40. The normalized spacial score (nSPS) is 11.1. The molecule has 0 fully saturated rings. The summed E-state index contributed by atoms with van der Waals surface area (Å²) in [6.45, 7) is 2.35. The van der Waals surface area contributed by atoms with Crippen LogP contribution in [0.3, 0.4) is 0 Å². The van der Waals surface area contributed by atoms with Crippen molar-refractivity contribution in [1.29, 1.82) is 0 Å². The van der Waals surface area contributed by atoms with Crippen molar-refractivity contribution >= 4 is 29.3 Å². The predicted molar refractivity (Wildman–Crippen MR) is 116 cm³/mol. The molecule has 1 N–H and O–H groups in total. The Morgan fingerprint density at radius 3 is 2.69 bits per heavy atom. The average Bonchev–Trinajstić information content (AvgIpc) is 2.69. The molecule has 1 heterocycles. The number of benzene rings is 2. The molecule has 0 atom stereocenters. The minimum Gasteiger partial charge on any atom is -0.491 e. The minimum atomic E-state index is -0.474. The number of aromatic nitrogens is 1. The number of ether oxygens (including phenoxy) is 1. The van der Waals surface area contributed by atoms with Crippen LogP contribution in [0.25, 0.3) is 0 Å². The van der Waals surface area contributed by atoms with E-state index in [9.17, 15) is 9.18 Å². The van der Waals surface area contributed by atoms with E-state index in [-0.39, 0.29) is 16.2 Å². The van der Waals surface area contributed by atoms with Crippen molar-refractivity contribution in [2.24, 2.45) is 4.99 Å². The maximum atomic E-state index is 13.5. The third kappa shape index (κ3) is 4.84. The Balaban J connectivity index is 2.00. The zero-order chi connectivity index (χ0) is 21.0. The molecule has 0 spiro atoms. The Hall–Kier alpha value is -3.12. The Kier molecular flexibility index (Phi) is 6.34. The van der Waals surface area contributed by atoms with Gasteiger partial charge in [0.05, 0.1) is 18.3 Å². The number of nitrogens with one attached hydrogen (secondary N) is 1. The van der Waals surface area contributed by atoms with E-state index in [2.05, 4.69) is 10.3 Å². The summed E-state index contributed by atoms with van der Waals surface area (Å²) in [5, 5.41) is 3.35. The van der Waals surface area contributed by atoms with E-state index in [1.807, 2.05) is 29.7 Å². The molecule has 2 aromatic carbocycles. The van der Waals surface area contributed by atoms with Gasteiger partial charge in [-0.3, -0.25) is 9.79 Å². The highest BCUT2D eigenvalue weighted by Crippen LogP contribution is 2.24. The molecular weight excluding hydrogens is 393 g/mol. The van der Waals surface area contributed by atoms with Crippen LogP contribution in [-0.2, 0) is 6.54 Å². The average molecular weight is 414 g/mol. The highest BCUT2D eigenvalue weighted by molar-refractivity contribution is 6.30. The van der Waals surface area contributed by atoms with E-state index >= 15 is 0 Å². The largest absolute Gasteiger partial charge is 0.491 e. The van der Waals surface area contributed by atoms with E-state index in [0.717, 1.165) is 22.4 Å². The molecular formula is C22H21ClFN3O2. The Morgan fingerprint density at radius 1 is 1.24 bits per heavy atom. The van der Waals surface area contributed by atoms with E-state index < -0.39 is 5.82 Å². The summed E-state index contributed by atoms with van der Waals surface area (Å²) in [6, 6.07) is 11.9. The van der Waals surface area contributed by atoms with Crippen LogP contribution in [0.4, 0.5) is 15.9 Å². The Morgan fingerprint density at radius 2 is 2.03 bits per heavy atom. The summed E-state index contributed by atoms with van der Waals surface area (Å²) >= 11 is 5.91. The first kappa shape index (κ1) is 20.6. The van der Waals surface area contributed by atoms with Crippen LogP contribution < -0.4 is 15.5 Å². The van der Waals surface area contributed by atoms with Gasteiger partial charge in [-0.05, 0) is 47.9 Å². The molecule has 1 aromatic heterocycles. The Bertz CT molecular complexity index is 1130. The van der Waals surface area contributed by atoms with Crippen molar-refractivity contribution in [2.75, 3.05) is 19.5 Å². The number of halogens is 2. The molecule has 0 saturated heterocycles. The van der Waals surface area contributed by atoms with Gasteiger partial charge in [-0.2, -0.15) is 0 Å². The molecule has 0 bridgehead atoms. The standard InChI is InChI=1S/C22H21ClFN3O2/c1-14-8-15(11-25-2)5-7-19(14)26-22-10-20(28)21(29-3)13-27(22)12-16-4-6-18(24)17(23)9-16/h4-11,13,26H,12H2,1-3H3/b25-11+. The predicted octanol–water partition coefficient (Wildman–Crippen LogP) is 4.80. The van der Waals surface area contributed by atoms with Crippen LogP contribution in [0.5, 0.6) is 5.75 Å². The van der Waals surface area contributed by atoms with Gasteiger partial charge >= 0.3 is 0 Å². The molecule has 29 heavy (non-hydrogen) atoms. The molecule has 0 aliphatic rings. The molecule has 0 aliphatic carbocycles. The number of aryl methyl sites for hydroxylation is 1. The number of rotatable bonds is 6. The Labute approximate surface area is 173 Å². The summed E-state index contributed by atoms with van der Waals surface area (Å²) in [5.41, 5.74) is 3.39. The number of anilines is 2. The lowest BCUT2D eigenvalue weighted by Crippen LogP contribution is -2.14.